The Labute approximate surface area is 119 Å². The average Bonchev–Trinajstić information content (AvgIpc) is 3.06. The molecule has 3 rings (SSSR count). The summed E-state index contributed by atoms with van der Waals surface area (Å²) in [6, 6.07) is 9.25. The standard InChI is InChI=1S/C17H21NS/c1-2-14-8-9-19-17(14)12-18-11-13-6-7-15-4-3-5-16(15)10-13/h6-10,18H,2-5,11-12H2,1H3. The third-order valence-electron chi connectivity index (χ3n) is 4.00. The van der Waals surface area contributed by atoms with Crippen LogP contribution in [0.1, 0.15) is 40.5 Å². The molecule has 0 aliphatic heterocycles. The largest absolute Gasteiger partial charge is 0.308 e. The zero-order valence-corrected chi connectivity index (χ0v) is 12.4. The van der Waals surface area contributed by atoms with Crippen LogP contribution in [0.5, 0.6) is 0 Å². The molecule has 1 aliphatic rings. The Balaban J connectivity index is 1.58. The molecule has 1 heterocycles. The number of rotatable bonds is 5. The molecule has 100 valence electrons. The molecule has 0 spiro atoms. The smallest absolute Gasteiger partial charge is 0.0305 e. The Morgan fingerprint density at radius 2 is 2.00 bits per heavy atom. The molecule has 1 N–H and O–H groups in total. The summed E-state index contributed by atoms with van der Waals surface area (Å²) in [5.41, 5.74) is 6.06. The summed E-state index contributed by atoms with van der Waals surface area (Å²) < 4.78 is 0. The van der Waals surface area contributed by atoms with Gasteiger partial charge in [-0.05, 0) is 59.4 Å². The molecule has 1 aliphatic carbocycles. The lowest BCUT2D eigenvalue weighted by molar-refractivity contribution is 0.696. The van der Waals surface area contributed by atoms with Crippen LogP contribution in [-0.2, 0) is 32.4 Å². The SMILES string of the molecule is CCc1ccsc1CNCc1ccc2c(c1)CCC2. The third-order valence-corrected chi connectivity index (χ3v) is 4.96. The van der Waals surface area contributed by atoms with Crippen molar-refractivity contribution in [3.8, 4) is 0 Å². The number of hydrogen-bond donors (Lipinski definition) is 1. The van der Waals surface area contributed by atoms with Crippen molar-refractivity contribution in [1.29, 1.82) is 0 Å². The van der Waals surface area contributed by atoms with Crippen LogP contribution < -0.4 is 5.32 Å². The molecule has 0 amide bonds. The van der Waals surface area contributed by atoms with E-state index >= 15 is 0 Å². The Hall–Kier alpha value is -1.12. The Bertz CT molecular complexity index is 556. The van der Waals surface area contributed by atoms with E-state index in [1.54, 1.807) is 11.1 Å². The third kappa shape index (κ3) is 2.90. The van der Waals surface area contributed by atoms with Gasteiger partial charge >= 0.3 is 0 Å². The van der Waals surface area contributed by atoms with Gasteiger partial charge in [0.1, 0.15) is 0 Å². The van der Waals surface area contributed by atoms with Crippen molar-refractivity contribution in [2.45, 2.75) is 45.7 Å². The van der Waals surface area contributed by atoms with Crippen LogP contribution in [0.3, 0.4) is 0 Å². The maximum absolute atomic E-state index is 3.58. The molecule has 0 saturated carbocycles. The van der Waals surface area contributed by atoms with Gasteiger partial charge in [0.2, 0.25) is 0 Å². The highest BCUT2D eigenvalue weighted by atomic mass is 32.1. The minimum absolute atomic E-state index is 0.980. The molecular formula is C17H21NS. The highest BCUT2D eigenvalue weighted by molar-refractivity contribution is 7.10. The van der Waals surface area contributed by atoms with Crippen molar-refractivity contribution in [3.05, 3.63) is 56.8 Å². The van der Waals surface area contributed by atoms with Crippen LogP contribution in [0.15, 0.2) is 29.6 Å². The van der Waals surface area contributed by atoms with E-state index in [-0.39, 0.29) is 0 Å². The van der Waals surface area contributed by atoms with Gasteiger partial charge in [-0.1, -0.05) is 25.1 Å². The van der Waals surface area contributed by atoms with Gasteiger partial charge in [0.15, 0.2) is 0 Å². The summed E-state index contributed by atoms with van der Waals surface area (Å²) in [7, 11) is 0. The Morgan fingerprint density at radius 3 is 2.89 bits per heavy atom. The first-order valence-electron chi connectivity index (χ1n) is 7.23. The lowest BCUT2D eigenvalue weighted by Crippen LogP contribution is -2.12. The van der Waals surface area contributed by atoms with Gasteiger partial charge in [0, 0.05) is 18.0 Å². The first-order chi connectivity index (χ1) is 9.36. The van der Waals surface area contributed by atoms with Crippen LogP contribution in [0.2, 0.25) is 0 Å². The van der Waals surface area contributed by atoms with Crippen LogP contribution in [0.4, 0.5) is 0 Å². The quantitative estimate of drug-likeness (QED) is 0.863. The number of nitrogens with one attached hydrogen (secondary N) is 1. The van der Waals surface area contributed by atoms with E-state index in [0.717, 1.165) is 19.5 Å². The molecule has 0 unspecified atom stereocenters. The number of hydrogen-bond acceptors (Lipinski definition) is 2. The van der Waals surface area contributed by atoms with Gasteiger partial charge in [-0.15, -0.1) is 11.3 Å². The second-order valence-corrected chi connectivity index (χ2v) is 6.28. The summed E-state index contributed by atoms with van der Waals surface area (Å²) in [6.07, 6.45) is 5.02. The fourth-order valence-corrected chi connectivity index (χ4v) is 3.84. The van der Waals surface area contributed by atoms with E-state index in [0.29, 0.717) is 0 Å². The van der Waals surface area contributed by atoms with Gasteiger partial charge in [0.25, 0.3) is 0 Å². The monoisotopic (exact) mass is 271 g/mol. The van der Waals surface area contributed by atoms with Crippen molar-refractivity contribution in [2.24, 2.45) is 0 Å². The summed E-state index contributed by atoms with van der Waals surface area (Å²) >= 11 is 1.87. The van der Waals surface area contributed by atoms with Crippen molar-refractivity contribution < 1.29 is 0 Å². The molecule has 19 heavy (non-hydrogen) atoms. The van der Waals surface area contributed by atoms with E-state index < -0.39 is 0 Å². The van der Waals surface area contributed by atoms with Gasteiger partial charge < -0.3 is 5.32 Å². The molecule has 2 heteroatoms. The highest BCUT2D eigenvalue weighted by Crippen LogP contribution is 2.23. The molecule has 0 atom stereocenters. The first kappa shape index (κ1) is 12.9. The number of thiophene rings is 1. The van der Waals surface area contributed by atoms with Crippen LogP contribution in [-0.4, -0.2) is 0 Å². The molecule has 0 radical (unpaired) electrons. The second-order valence-electron chi connectivity index (χ2n) is 5.28. The van der Waals surface area contributed by atoms with Crippen molar-refractivity contribution in [1.82, 2.24) is 5.32 Å². The lowest BCUT2D eigenvalue weighted by Gasteiger charge is -2.07. The number of benzene rings is 1. The fourth-order valence-electron chi connectivity index (χ4n) is 2.89. The highest BCUT2D eigenvalue weighted by Gasteiger charge is 2.10. The molecule has 1 aromatic carbocycles. The fraction of sp³-hybridized carbons (Fsp3) is 0.412. The van der Waals surface area contributed by atoms with Crippen molar-refractivity contribution in [2.75, 3.05) is 0 Å². The average molecular weight is 271 g/mol. The van der Waals surface area contributed by atoms with Crippen LogP contribution in [0, 0.1) is 0 Å². The second kappa shape index (κ2) is 5.89. The maximum atomic E-state index is 3.58. The van der Waals surface area contributed by atoms with E-state index in [4.69, 9.17) is 0 Å². The summed E-state index contributed by atoms with van der Waals surface area (Å²) in [4.78, 5) is 1.49. The zero-order valence-electron chi connectivity index (χ0n) is 11.5. The van der Waals surface area contributed by atoms with Gasteiger partial charge in [-0.3, -0.25) is 0 Å². The number of fused-ring (bicyclic) bond motifs is 1. The normalized spacial score (nSPS) is 13.7. The molecular weight excluding hydrogens is 250 g/mol. The zero-order chi connectivity index (χ0) is 13.1. The predicted octanol–water partition coefficient (Wildman–Crippen LogP) is 4.09. The predicted molar refractivity (Wildman–Crippen MR) is 82.7 cm³/mol. The maximum Gasteiger partial charge on any atom is 0.0305 e. The molecule has 0 saturated heterocycles. The number of aryl methyl sites for hydroxylation is 3. The minimum atomic E-state index is 0.980. The van der Waals surface area contributed by atoms with E-state index in [9.17, 15) is 0 Å². The van der Waals surface area contributed by atoms with Crippen molar-refractivity contribution in [3.63, 3.8) is 0 Å². The molecule has 1 nitrogen and oxygen atoms in total. The van der Waals surface area contributed by atoms with Crippen LogP contribution in [0.25, 0.3) is 0 Å². The first-order valence-corrected chi connectivity index (χ1v) is 8.11. The van der Waals surface area contributed by atoms with E-state index in [1.165, 1.54) is 35.3 Å². The van der Waals surface area contributed by atoms with E-state index in [1.807, 2.05) is 11.3 Å². The Kier molecular flexibility index (Phi) is 4.00. The molecule has 0 bridgehead atoms. The molecule has 2 aromatic rings. The minimum Gasteiger partial charge on any atom is -0.308 e. The van der Waals surface area contributed by atoms with Gasteiger partial charge in [-0.25, -0.2) is 0 Å². The van der Waals surface area contributed by atoms with Gasteiger partial charge in [-0.2, -0.15) is 0 Å². The summed E-state index contributed by atoms with van der Waals surface area (Å²) in [5.74, 6) is 0. The Morgan fingerprint density at radius 1 is 1.11 bits per heavy atom. The lowest BCUT2D eigenvalue weighted by atomic mass is 10.1. The van der Waals surface area contributed by atoms with Gasteiger partial charge in [0.05, 0.1) is 0 Å². The van der Waals surface area contributed by atoms with Crippen LogP contribution >= 0.6 is 11.3 Å². The molecule has 1 aromatic heterocycles. The van der Waals surface area contributed by atoms with E-state index in [2.05, 4.69) is 41.9 Å². The summed E-state index contributed by atoms with van der Waals surface area (Å²) in [5, 5.41) is 5.78. The van der Waals surface area contributed by atoms with Crippen molar-refractivity contribution >= 4 is 11.3 Å². The molecule has 0 fully saturated rings. The topological polar surface area (TPSA) is 12.0 Å². The summed E-state index contributed by atoms with van der Waals surface area (Å²) in [6.45, 7) is 4.21.